The molecule has 1 aliphatic heterocycles. The maximum absolute atomic E-state index is 13.9. The SMILES string of the molecule is COc1cc(C)c(-c2nc3ccccc3c(=O)n2N=Cc2cc([N+](=O)[O-])ccc2OCc2ccc3c(c2)OCO3)cc1C(C)C. The molecule has 0 spiro atoms. The summed E-state index contributed by atoms with van der Waals surface area (Å²) in [6, 6.07) is 20.6. The molecular weight excluding hydrogens is 576 g/mol. The molecule has 1 aromatic heterocycles. The van der Waals surface area contributed by atoms with Crippen LogP contribution >= 0.6 is 0 Å². The first-order chi connectivity index (χ1) is 21.7. The van der Waals surface area contributed by atoms with Gasteiger partial charge in [0.25, 0.3) is 11.2 Å². The van der Waals surface area contributed by atoms with Crippen LogP contribution in [-0.4, -0.2) is 34.7 Å². The van der Waals surface area contributed by atoms with E-state index < -0.39 is 4.92 Å². The second-order valence-electron chi connectivity index (χ2n) is 10.8. The number of fused-ring (bicyclic) bond motifs is 2. The molecule has 0 unspecified atom stereocenters. The highest BCUT2D eigenvalue weighted by atomic mass is 16.7. The van der Waals surface area contributed by atoms with Gasteiger partial charge in [-0.2, -0.15) is 9.78 Å². The molecular formula is C34H30N4O7. The molecule has 0 N–H and O–H groups in total. The Labute approximate surface area is 258 Å². The Morgan fingerprint density at radius 1 is 1.04 bits per heavy atom. The van der Waals surface area contributed by atoms with Crippen molar-refractivity contribution in [2.45, 2.75) is 33.3 Å². The molecule has 11 heteroatoms. The van der Waals surface area contributed by atoms with Gasteiger partial charge < -0.3 is 18.9 Å². The number of non-ortho nitro benzene ring substituents is 1. The molecule has 0 fully saturated rings. The van der Waals surface area contributed by atoms with E-state index in [-0.39, 0.29) is 30.6 Å². The molecule has 4 aromatic carbocycles. The minimum absolute atomic E-state index is 0.137. The number of aromatic nitrogens is 2. The summed E-state index contributed by atoms with van der Waals surface area (Å²) in [5.74, 6) is 2.81. The van der Waals surface area contributed by atoms with E-state index in [0.29, 0.717) is 45.1 Å². The summed E-state index contributed by atoms with van der Waals surface area (Å²) >= 11 is 0. The van der Waals surface area contributed by atoms with Crippen LogP contribution in [0.15, 0.2) is 82.7 Å². The predicted molar refractivity (Wildman–Crippen MR) is 170 cm³/mol. The van der Waals surface area contributed by atoms with Gasteiger partial charge in [-0.25, -0.2) is 4.98 Å². The number of nitrogens with zero attached hydrogens (tertiary/aromatic N) is 4. The van der Waals surface area contributed by atoms with E-state index in [9.17, 15) is 14.9 Å². The predicted octanol–water partition coefficient (Wildman–Crippen LogP) is 6.60. The standard InChI is InChI=1S/C34H30N4O7/c1-20(2)26-16-27(21(3)13-31(26)42-4)33-36-28-8-6-5-7-25(28)34(39)37(33)35-17-23-15-24(38(40)41)10-12-29(23)43-18-22-9-11-30-32(14-22)45-19-44-30/h5-17,20H,18-19H2,1-4H3. The van der Waals surface area contributed by atoms with E-state index in [1.807, 2.05) is 37.3 Å². The highest BCUT2D eigenvalue weighted by Crippen LogP contribution is 2.35. The van der Waals surface area contributed by atoms with Gasteiger partial charge in [-0.15, -0.1) is 0 Å². The van der Waals surface area contributed by atoms with Crippen LogP contribution in [-0.2, 0) is 6.61 Å². The van der Waals surface area contributed by atoms with E-state index in [1.165, 1.54) is 29.1 Å². The Balaban J connectivity index is 1.46. The van der Waals surface area contributed by atoms with E-state index in [1.54, 1.807) is 31.4 Å². The smallest absolute Gasteiger partial charge is 0.282 e. The molecule has 11 nitrogen and oxygen atoms in total. The van der Waals surface area contributed by atoms with Gasteiger partial charge in [-0.1, -0.05) is 32.0 Å². The molecule has 0 amide bonds. The van der Waals surface area contributed by atoms with Crippen molar-refractivity contribution in [3.05, 3.63) is 116 Å². The van der Waals surface area contributed by atoms with Crippen LogP contribution in [0, 0.1) is 17.0 Å². The third-order valence-electron chi connectivity index (χ3n) is 7.54. The summed E-state index contributed by atoms with van der Waals surface area (Å²) in [4.78, 5) is 29.9. The average molecular weight is 607 g/mol. The maximum Gasteiger partial charge on any atom is 0.282 e. The molecule has 0 aliphatic carbocycles. The largest absolute Gasteiger partial charge is 0.496 e. The molecule has 0 radical (unpaired) electrons. The first kappa shape index (κ1) is 29.4. The molecule has 0 saturated carbocycles. The highest BCUT2D eigenvalue weighted by molar-refractivity contribution is 5.85. The normalized spacial score (nSPS) is 12.3. The van der Waals surface area contributed by atoms with Gasteiger partial charge >= 0.3 is 0 Å². The second-order valence-corrected chi connectivity index (χ2v) is 10.8. The Bertz CT molecular complexity index is 2030. The lowest BCUT2D eigenvalue weighted by Gasteiger charge is -2.17. The van der Waals surface area contributed by atoms with Crippen LogP contribution in [0.1, 0.15) is 42.0 Å². The van der Waals surface area contributed by atoms with Crippen molar-refractivity contribution in [1.82, 2.24) is 9.66 Å². The van der Waals surface area contributed by atoms with Crippen molar-refractivity contribution in [2.24, 2.45) is 5.10 Å². The van der Waals surface area contributed by atoms with Gasteiger partial charge in [-0.05, 0) is 72.0 Å². The van der Waals surface area contributed by atoms with Gasteiger partial charge in [0, 0.05) is 23.3 Å². The zero-order valence-corrected chi connectivity index (χ0v) is 25.1. The molecule has 1 aliphatic rings. The second kappa shape index (κ2) is 12.1. The number of nitro groups is 1. The van der Waals surface area contributed by atoms with Gasteiger partial charge in [0.1, 0.15) is 18.1 Å². The summed E-state index contributed by atoms with van der Waals surface area (Å²) in [6.45, 7) is 6.34. The topological polar surface area (TPSA) is 127 Å². The number of para-hydroxylation sites is 1. The van der Waals surface area contributed by atoms with Crippen LogP contribution in [0.5, 0.6) is 23.0 Å². The van der Waals surface area contributed by atoms with E-state index in [4.69, 9.17) is 23.9 Å². The number of benzene rings is 4. The Kier molecular flexibility index (Phi) is 7.91. The quantitative estimate of drug-likeness (QED) is 0.104. The summed E-state index contributed by atoms with van der Waals surface area (Å²) in [6.07, 6.45) is 1.38. The van der Waals surface area contributed by atoms with Crippen LogP contribution in [0.3, 0.4) is 0 Å². The first-order valence-corrected chi connectivity index (χ1v) is 14.3. The number of hydrogen-bond donors (Lipinski definition) is 0. The lowest BCUT2D eigenvalue weighted by atomic mass is 9.96. The van der Waals surface area contributed by atoms with Gasteiger partial charge in [0.2, 0.25) is 6.79 Å². The fraction of sp³-hybridized carbons (Fsp3) is 0.206. The average Bonchev–Trinajstić information content (AvgIpc) is 3.51. The minimum Gasteiger partial charge on any atom is -0.496 e. The van der Waals surface area contributed by atoms with Crippen LogP contribution in [0.4, 0.5) is 5.69 Å². The fourth-order valence-electron chi connectivity index (χ4n) is 5.17. The maximum atomic E-state index is 13.9. The van der Waals surface area contributed by atoms with Gasteiger partial charge in [-0.3, -0.25) is 14.9 Å². The van der Waals surface area contributed by atoms with E-state index >= 15 is 0 Å². The summed E-state index contributed by atoms with van der Waals surface area (Å²) in [7, 11) is 1.63. The fourth-order valence-corrected chi connectivity index (χ4v) is 5.17. The highest BCUT2D eigenvalue weighted by Gasteiger charge is 2.19. The van der Waals surface area contributed by atoms with Crippen LogP contribution in [0.2, 0.25) is 0 Å². The number of rotatable bonds is 9. The lowest BCUT2D eigenvalue weighted by molar-refractivity contribution is -0.384. The number of aryl methyl sites for hydroxylation is 1. The van der Waals surface area contributed by atoms with Crippen molar-refractivity contribution in [1.29, 1.82) is 0 Å². The minimum atomic E-state index is -0.498. The molecule has 0 atom stereocenters. The molecule has 45 heavy (non-hydrogen) atoms. The zero-order chi connectivity index (χ0) is 31.7. The van der Waals surface area contributed by atoms with Crippen molar-refractivity contribution >= 4 is 22.8 Å². The van der Waals surface area contributed by atoms with Gasteiger partial charge in [0.15, 0.2) is 17.3 Å². The van der Waals surface area contributed by atoms with Gasteiger partial charge in [0.05, 0.1) is 29.2 Å². The molecule has 2 heterocycles. The zero-order valence-electron chi connectivity index (χ0n) is 25.1. The molecule has 6 rings (SSSR count). The number of hydrogen-bond acceptors (Lipinski definition) is 9. The van der Waals surface area contributed by atoms with Crippen molar-refractivity contribution in [3.8, 4) is 34.4 Å². The van der Waals surface area contributed by atoms with Crippen molar-refractivity contribution in [3.63, 3.8) is 0 Å². The number of nitro benzene ring substituents is 1. The van der Waals surface area contributed by atoms with E-state index in [0.717, 1.165) is 22.4 Å². The number of methoxy groups -OCH3 is 1. The summed E-state index contributed by atoms with van der Waals surface area (Å²) in [5, 5.41) is 16.6. The lowest BCUT2D eigenvalue weighted by Crippen LogP contribution is -2.21. The third kappa shape index (κ3) is 5.79. The number of ether oxygens (including phenoxy) is 4. The summed E-state index contributed by atoms with van der Waals surface area (Å²) in [5.41, 5.74) is 3.61. The van der Waals surface area contributed by atoms with E-state index in [2.05, 4.69) is 18.9 Å². The Hall–Kier alpha value is -5.71. The molecule has 5 aromatic rings. The van der Waals surface area contributed by atoms with Crippen LogP contribution < -0.4 is 24.5 Å². The summed E-state index contributed by atoms with van der Waals surface area (Å²) < 4.78 is 23.8. The third-order valence-corrected chi connectivity index (χ3v) is 7.54. The monoisotopic (exact) mass is 606 g/mol. The van der Waals surface area contributed by atoms with Crippen molar-refractivity contribution < 1.29 is 23.9 Å². The Morgan fingerprint density at radius 3 is 2.62 bits per heavy atom. The first-order valence-electron chi connectivity index (χ1n) is 14.3. The van der Waals surface area contributed by atoms with Crippen LogP contribution in [0.25, 0.3) is 22.3 Å². The molecule has 0 saturated heterocycles. The molecule has 0 bridgehead atoms. The molecule has 228 valence electrons. The van der Waals surface area contributed by atoms with Crippen molar-refractivity contribution in [2.75, 3.05) is 13.9 Å². The Morgan fingerprint density at radius 2 is 1.84 bits per heavy atom.